The van der Waals surface area contributed by atoms with E-state index in [0.717, 1.165) is 22.4 Å². The van der Waals surface area contributed by atoms with E-state index < -0.39 is 0 Å². The zero-order chi connectivity index (χ0) is 21.3. The Morgan fingerprint density at radius 3 is 2.50 bits per heavy atom. The molecule has 2 aromatic rings. The van der Waals surface area contributed by atoms with Crippen molar-refractivity contribution in [3.05, 3.63) is 53.8 Å². The zero-order valence-corrected chi connectivity index (χ0v) is 17.4. The van der Waals surface area contributed by atoms with Crippen LogP contribution in [0.15, 0.2) is 42.5 Å². The predicted molar refractivity (Wildman–Crippen MR) is 112 cm³/mol. The van der Waals surface area contributed by atoms with E-state index in [1.807, 2.05) is 36.1 Å². The molecular weight excluding hydrogens is 383 g/mol. The lowest BCUT2D eigenvalue weighted by Gasteiger charge is -2.35. The molecule has 2 aliphatic heterocycles. The number of benzene rings is 2. The minimum absolute atomic E-state index is 0.0478. The van der Waals surface area contributed by atoms with E-state index in [4.69, 9.17) is 4.74 Å². The number of hydrogen-bond acceptors (Lipinski definition) is 3. The molecule has 1 saturated heterocycles. The second kappa shape index (κ2) is 8.46. The molecule has 0 bridgehead atoms. The molecule has 0 spiro atoms. The summed E-state index contributed by atoms with van der Waals surface area (Å²) in [5, 5.41) is 0. The van der Waals surface area contributed by atoms with Gasteiger partial charge in [-0.05, 0) is 55.2 Å². The van der Waals surface area contributed by atoms with E-state index in [1.165, 1.54) is 12.1 Å². The van der Waals surface area contributed by atoms with Crippen molar-refractivity contribution in [2.45, 2.75) is 39.3 Å². The first-order chi connectivity index (χ1) is 14.4. The number of halogens is 1. The summed E-state index contributed by atoms with van der Waals surface area (Å²) >= 11 is 0. The van der Waals surface area contributed by atoms with Crippen LogP contribution in [0.5, 0.6) is 5.75 Å². The molecule has 0 aliphatic carbocycles. The highest BCUT2D eigenvalue weighted by atomic mass is 19.1. The molecule has 0 saturated carbocycles. The minimum atomic E-state index is -0.277. The number of rotatable bonds is 2. The standard InChI is InChI=1S/C24H27FN2O3/c1-16-15-30-23-7-6-20(19-4-3-5-22(25)13-19)12-21(23)14-27(16)24(29)18-8-10-26(11-9-18)17(2)28/h3-7,12-13,16,18H,8-11,14-15H2,1-2H3/t16-/m0/s1. The van der Waals surface area contributed by atoms with Crippen LogP contribution in [-0.2, 0) is 16.1 Å². The highest BCUT2D eigenvalue weighted by molar-refractivity contribution is 5.80. The third-order valence-electron chi connectivity index (χ3n) is 6.14. The summed E-state index contributed by atoms with van der Waals surface area (Å²) in [7, 11) is 0. The van der Waals surface area contributed by atoms with Crippen LogP contribution in [0.2, 0.25) is 0 Å². The van der Waals surface area contributed by atoms with Gasteiger partial charge in [0.05, 0.1) is 6.04 Å². The monoisotopic (exact) mass is 410 g/mol. The molecule has 0 radical (unpaired) electrons. The van der Waals surface area contributed by atoms with Crippen molar-refractivity contribution in [1.29, 1.82) is 0 Å². The Morgan fingerprint density at radius 1 is 1.07 bits per heavy atom. The van der Waals surface area contributed by atoms with Gasteiger partial charge in [0.25, 0.3) is 0 Å². The van der Waals surface area contributed by atoms with E-state index >= 15 is 0 Å². The average Bonchev–Trinajstić information content (AvgIpc) is 2.92. The summed E-state index contributed by atoms with van der Waals surface area (Å²) in [5.41, 5.74) is 2.62. The summed E-state index contributed by atoms with van der Waals surface area (Å²) in [6.45, 7) is 5.73. The van der Waals surface area contributed by atoms with Gasteiger partial charge in [0.15, 0.2) is 0 Å². The van der Waals surface area contributed by atoms with Crippen LogP contribution in [-0.4, -0.2) is 47.4 Å². The maximum absolute atomic E-state index is 13.7. The number of ether oxygens (including phenoxy) is 1. The molecule has 0 N–H and O–H groups in total. The number of nitrogens with zero attached hydrogens (tertiary/aromatic N) is 2. The Morgan fingerprint density at radius 2 is 1.80 bits per heavy atom. The summed E-state index contributed by atoms with van der Waals surface area (Å²) in [5.74, 6) is 0.607. The number of fused-ring (bicyclic) bond motifs is 1. The Labute approximate surface area is 176 Å². The molecule has 1 atom stereocenters. The van der Waals surface area contributed by atoms with Gasteiger partial charge in [0.1, 0.15) is 18.2 Å². The molecule has 2 aliphatic rings. The van der Waals surface area contributed by atoms with E-state index in [-0.39, 0.29) is 29.6 Å². The molecule has 0 aromatic heterocycles. The van der Waals surface area contributed by atoms with Crippen molar-refractivity contribution in [3.8, 4) is 16.9 Å². The normalized spacial score (nSPS) is 19.6. The van der Waals surface area contributed by atoms with Crippen LogP contribution < -0.4 is 4.74 Å². The highest BCUT2D eigenvalue weighted by Gasteiger charge is 2.33. The number of carbonyl (C=O) groups excluding carboxylic acids is 2. The number of hydrogen-bond donors (Lipinski definition) is 0. The fraction of sp³-hybridized carbons (Fsp3) is 0.417. The van der Waals surface area contributed by atoms with Crippen LogP contribution in [0.4, 0.5) is 4.39 Å². The van der Waals surface area contributed by atoms with E-state index in [9.17, 15) is 14.0 Å². The van der Waals surface area contributed by atoms with Crippen LogP contribution >= 0.6 is 0 Å². The Bertz CT molecular complexity index is 953. The van der Waals surface area contributed by atoms with Crippen LogP contribution in [0, 0.1) is 11.7 Å². The fourth-order valence-corrected chi connectivity index (χ4v) is 4.30. The maximum atomic E-state index is 13.7. The van der Waals surface area contributed by atoms with Crippen molar-refractivity contribution in [1.82, 2.24) is 9.80 Å². The molecule has 4 rings (SSSR count). The van der Waals surface area contributed by atoms with Gasteiger partial charge < -0.3 is 14.5 Å². The first-order valence-corrected chi connectivity index (χ1v) is 10.5. The molecule has 5 nitrogen and oxygen atoms in total. The SMILES string of the molecule is CC(=O)N1CCC(C(=O)N2Cc3cc(-c4cccc(F)c4)ccc3OC[C@@H]2C)CC1. The lowest BCUT2D eigenvalue weighted by molar-refractivity contribution is -0.142. The van der Waals surface area contributed by atoms with E-state index in [2.05, 4.69) is 0 Å². The second-order valence-corrected chi connectivity index (χ2v) is 8.24. The van der Waals surface area contributed by atoms with Crippen molar-refractivity contribution in [2.75, 3.05) is 19.7 Å². The van der Waals surface area contributed by atoms with Crippen LogP contribution in [0.3, 0.4) is 0 Å². The van der Waals surface area contributed by atoms with Gasteiger partial charge in [0, 0.05) is 38.0 Å². The molecule has 2 amide bonds. The fourth-order valence-electron chi connectivity index (χ4n) is 4.30. The molecule has 30 heavy (non-hydrogen) atoms. The number of likely N-dealkylation sites (tertiary alicyclic amines) is 1. The van der Waals surface area contributed by atoms with Gasteiger partial charge in [-0.2, -0.15) is 0 Å². The largest absolute Gasteiger partial charge is 0.491 e. The summed E-state index contributed by atoms with van der Waals surface area (Å²) < 4.78 is 19.6. The molecule has 158 valence electrons. The molecule has 0 unspecified atom stereocenters. The number of amides is 2. The number of carbonyl (C=O) groups is 2. The topological polar surface area (TPSA) is 49.9 Å². The van der Waals surface area contributed by atoms with Gasteiger partial charge in [-0.1, -0.05) is 18.2 Å². The van der Waals surface area contributed by atoms with Crippen molar-refractivity contribution in [3.63, 3.8) is 0 Å². The van der Waals surface area contributed by atoms with Crippen LogP contribution in [0.1, 0.15) is 32.3 Å². The Kier molecular flexibility index (Phi) is 5.75. The minimum Gasteiger partial charge on any atom is -0.491 e. The van der Waals surface area contributed by atoms with Gasteiger partial charge in [-0.25, -0.2) is 4.39 Å². The van der Waals surface area contributed by atoms with E-state index in [0.29, 0.717) is 39.1 Å². The highest BCUT2D eigenvalue weighted by Crippen LogP contribution is 2.32. The summed E-state index contributed by atoms with van der Waals surface area (Å²) in [6, 6.07) is 12.3. The summed E-state index contributed by atoms with van der Waals surface area (Å²) in [6.07, 6.45) is 1.39. The lowest BCUT2D eigenvalue weighted by atomic mass is 9.94. The van der Waals surface area contributed by atoms with Gasteiger partial charge in [0.2, 0.25) is 11.8 Å². The maximum Gasteiger partial charge on any atom is 0.226 e. The van der Waals surface area contributed by atoms with Gasteiger partial charge in [-0.3, -0.25) is 9.59 Å². The Hall–Kier alpha value is -2.89. The van der Waals surface area contributed by atoms with E-state index in [1.54, 1.807) is 17.9 Å². The van der Waals surface area contributed by atoms with Gasteiger partial charge in [-0.15, -0.1) is 0 Å². The molecule has 2 heterocycles. The summed E-state index contributed by atoms with van der Waals surface area (Å²) in [4.78, 5) is 28.6. The first kappa shape index (κ1) is 20.4. The molecule has 6 heteroatoms. The predicted octanol–water partition coefficient (Wildman–Crippen LogP) is 3.86. The second-order valence-electron chi connectivity index (χ2n) is 8.24. The molecule has 1 fully saturated rings. The van der Waals surface area contributed by atoms with Crippen molar-refractivity contribution >= 4 is 11.8 Å². The lowest BCUT2D eigenvalue weighted by Crippen LogP contribution is -2.47. The molecular formula is C24H27FN2O3. The zero-order valence-electron chi connectivity index (χ0n) is 17.4. The first-order valence-electron chi connectivity index (χ1n) is 10.5. The van der Waals surface area contributed by atoms with Crippen LogP contribution in [0.25, 0.3) is 11.1 Å². The molecule has 2 aromatic carbocycles. The third-order valence-corrected chi connectivity index (χ3v) is 6.14. The van der Waals surface area contributed by atoms with Crippen molar-refractivity contribution in [2.24, 2.45) is 5.92 Å². The number of piperidine rings is 1. The van der Waals surface area contributed by atoms with Gasteiger partial charge >= 0.3 is 0 Å². The quantitative estimate of drug-likeness (QED) is 0.755. The van der Waals surface area contributed by atoms with Crippen molar-refractivity contribution < 1.29 is 18.7 Å². The third kappa shape index (κ3) is 4.18. The Balaban J connectivity index is 1.55. The average molecular weight is 410 g/mol. The smallest absolute Gasteiger partial charge is 0.226 e.